The summed E-state index contributed by atoms with van der Waals surface area (Å²) in [4.78, 5) is 40.7. The molecule has 0 saturated heterocycles. The molecule has 1 aromatic heterocycles. The molecule has 0 aliphatic carbocycles. The van der Waals surface area contributed by atoms with E-state index in [1.807, 2.05) is 56.3 Å². The Kier molecular flexibility index (Phi) is 7.18. The van der Waals surface area contributed by atoms with Crippen LogP contribution in [0.4, 0.5) is 11.4 Å². The first-order chi connectivity index (χ1) is 16.4. The highest BCUT2D eigenvalue weighted by atomic mass is 32.2. The molecular weight excluding hydrogens is 450 g/mol. The third-order valence-corrected chi connectivity index (χ3v) is 6.11. The van der Waals surface area contributed by atoms with Crippen molar-refractivity contribution in [3.63, 3.8) is 0 Å². The summed E-state index contributed by atoms with van der Waals surface area (Å²) in [5, 5.41) is 5.99. The summed E-state index contributed by atoms with van der Waals surface area (Å²) in [6.07, 6.45) is 1.95. The lowest BCUT2D eigenvalue weighted by Crippen LogP contribution is -2.31. The van der Waals surface area contributed by atoms with Gasteiger partial charge in [0.05, 0.1) is 12.8 Å². The summed E-state index contributed by atoms with van der Waals surface area (Å²) in [5.41, 5.74) is 1.61. The predicted octanol–water partition coefficient (Wildman–Crippen LogP) is 5.25. The third kappa shape index (κ3) is 5.58. The molecule has 3 amide bonds. The number of carbonyl (C=O) groups is 3. The molecule has 0 radical (unpaired) electrons. The minimum atomic E-state index is -0.412. The molecule has 34 heavy (non-hydrogen) atoms. The molecule has 1 aliphatic heterocycles. The van der Waals surface area contributed by atoms with Crippen molar-refractivity contribution in [1.29, 1.82) is 0 Å². The van der Waals surface area contributed by atoms with Gasteiger partial charge in [-0.05, 0) is 54.4 Å². The number of nitrogens with zero attached hydrogens (tertiary/aromatic N) is 1. The van der Waals surface area contributed by atoms with E-state index in [1.54, 1.807) is 24.3 Å². The topological polar surface area (TPSA) is 91.7 Å². The van der Waals surface area contributed by atoms with E-state index in [0.717, 1.165) is 4.90 Å². The van der Waals surface area contributed by atoms with Crippen LogP contribution in [0.2, 0.25) is 0 Å². The maximum Gasteiger partial charge on any atom is 0.278 e. The zero-order valence-electron chi connectivity index (χ0n) is 18.9. The van der Waals surface area contributed by atoms with Crippen molar-refractivity contribution in [3.05, 3.63) is 89.4 Å². The van der Waals surface area contributed by atoms with Crippen LogP contribution in [0.5, 0.6) is 0 Å². The number of amides is 3. The van der Waals surface area contributed by atoms with Gasteiger partial charge in [-0.15, -0.1) is 0 Å². The molecule has 1 aliphatic rings. The smallest absolute Gasteiger partial charge is 0.278 e. The molecule has 0 spiro atoms. The van der Waals surface area contributed by atoms with Gasteiger partial charge in [0.15, 0.2) is 0 Å². The number of para-hydroxylation sites is 1. The van der Waals surface area contributed by atoms with Gasteiger partial charge < -0.3 is 15.1 Å². The third-order valence-electron chi connectivity index (χ3n) is 5.01. The highest BCUT2D eigenvalue weighted by Crippen LogP contribution is 2.37. The Morgan fingerprint density at radius 1 is 0.941 bits per heavy atom. The van der Waals surface area contributed by atoms with Crippen LogP contribution in [-0.2, 0) is 20.9 Å². The van der Waals surface area contributed by atoms with E-state index in [4.69, 9.17) is 4.42 Å². The Bertz CT molecular complexity index is 1200. The average molecular weight is 476 g/mol. The van der Waals surface area contributed by atoms with Gasteiger partial charge in [-0.25, -0.2) is 0 Å². The summed E-state index contributed by atoms with van der Waals surface area (Å²) in [6.45, 7) is 4.03. The molecule has 0 saturated carbocycles. The van der Waals surface area contributed by atoms with Gasteiger partial charge in [0, 0.05) is 22.7 Å². The van der Waals surface area contributed by atoms with Crippen molar-refractivity contribution >= 4 is 40.9 Å². The molecule has 2 aromatic carbocycles. The molecule has 2 N–H and O–H groups in total. The van der Waals surface area contributed by atoms with E-state index in [2.05, 4.69) is 10.6 Å². The predicted molar refractivity (Wildman–Crippen MR) is 132 cm³/mol. The van der Waals surface area contributed by atoms with Crippen LogP contribution in [0.3, 0.4) is 0 Å². The Morgan fingerprint density at radius 3 is 2.32 bits per heavy atom. The van der Waals surface area contributed by atoms with Crippen molar-refractivity contribution in [2.75, 3.05) is 10.6 Å². The number of furan rings is 1. The quantitative estimate of drug-likeness (QED) is 0.411. The van der Waals surface area contributed by atoms with E-state index in [9.17, 15) is 14.4 Å². The van der Waals surface area contributed by atoms with E-state index in [-0.39, 0.29) is 30.0 Å². The fraction of sp³-hybridized carbons (Fsp3) is 0.192. The first-order valence-corrected chi connectivity index (χ1v) is 11.7. The summed E-state index contributed by atoms with van der Waals surface area (Å²) in [5.74, 6) is -0.0529. The lowest BCUT2D eigenvalue weighted by Gasteiger charge is -2.13. The largest absolute Gasteiger partial charge is 0.467 e. The highest BCUT2D eigenvalue weighted by Gasteiger charge is 2.39. The minimum absolute atomic E-state index is 0.0439. The van der Waals surface area contributed by atoms with Crippen molar-refractivity contribution < 1.29 is 18.8 Å². The second kappa shape index (κ2) is 10.4. The Hall–Kier alpha value is -3.78. The number of benzene rings is 2. The van der Waals surface area contributed by atoms with E-state index in [1.165, 1.54) is 22.9 Å². The molecule has 174 valence electrons. The molecule has 0 fully saturated rings. The zero-order chi connectivity index (χ0) is 24.1. The van der Waals surface area contributed by atoms with Crippen molar-refractivity contribution in [1.82, 2.24) is 4.90 Å². The van der Waals surface area contributed by atoms with Crippen LogP contribution < -0.4 is 10.6 Å². The number of carbonyl (C=O) groups excluding carboxylic acids is 3. The number of anilines is 2. The van der Waals surface area contributed by atoms with Gasteiger partial charge in [-0.2, -0.15) is 0 Å². The molecule has 8 heteroatoms. The summed E-state index contributed by atoms with van der Waals surface area (Å²) in [7, 11) is 0. The molecule has 7 nitrogen and oxygen atoms in total. The lowest BCUT2D eigenvalue weighted by atomic mass is 10.1. The number of thioether (sulfide) groups is 1. The maximum absolute atomic E-state index is 13.2. The minimum Gasteiger partial charge on any atom is -0.467 e. The molecule has 0 unspecified atom stereocenters. The van der Waals surface area contributed by atoms with Crippen molar-refractivity contribution in [2.45, 2.75) is 31.7 Å². The van der Waals surface area contributed by atoms with Gasteiger partial charge in [0.2, 0.25) is 5.91 Å². The maximum atomic E-state index is 13.2. The number of hydrogen-bond donors (Lipinski definition) is 2. The Labute approximate surface area is 202 Å². The number of imide groups is 1. The molecule has 4 rings (SSSR count). The van der Waals surface area contributed by atoms with Gasteiger partial charge in [-0.1, -0.05) is 43.8 Å². The van der Waals surface area contributed by atoms with Gasteiger partial charge in [0.25, 0.3) is 11.8 Å². The van der Waals surface area contributed by atoms with Crippen LogP contribution >= 0.6 is 11.8 Å². The molecule has 0 bridgehead atoms. The normalized spacial score (nSPS) is 13.7. The second-order valence-electron chi connectivity index (χ2n) is 8.24. The van der Waals surface area contributed by atoms with Gasteiger partial charge >= 0.3 is 0 Å². The first kappa shape index (κ1) is 23.4. The molecule has 0 atom stereocenters. The fourth-order valence-electron chi connectivity index (χ4n) is 3.43. The Balaban J connectivity index is 1.56. The van der Waals surface area contributed by atoms with Crippen LogP contribution in [0.1, 0.15) is 26.0 Å². The average Bonchev–Trinajstić information content (AvgIpc) is 3.40. The molecular formula is C26H25N3O4S. The van der Waals surface area contributed by atoms with E-state index >= 15 is 0 Å². The first-order valence-electron chi connectivity index (χ1n) is 10.9. The van der Waals surface area contributed by atoms with Crippen molar-refractivity contribution in [2.24, 2.45) is 5.92 Å². The van der Waals surface area contributed by atoms with Gasteiger partial charge in [-0.3, -0.25) is 19.3 Å². The monoisotopic (exact) mass is 475 g/mol. The molecule has 2 heterocycles. The fourth-order valence-corrected chi connectivity index (χ4v) is 4.38. The van der Waals surface area contributed by atoms with Crippen LogP contribution in [0.15, 0.2) is 92.9 Å². The van der Waals surface area contributed by atoms with E-state index in [0.29, 0.717) is 28.5 Å². The standard InChI is InChI=1S/C26H25N3O4S/c1-17(2)15-22(30)27-19-10-12-21(13-11-19)34-24-23(28-18-7-4-3-5-8-18)25(31)29(26(24)32)16-20-9-6-14-33-20/h3-14,17,28H,15-16H2,1-2H3,(H,27,30). The summed E-state index contributed by atoms with van der Waals surface area (Å²) >= 11 is 1.21. The van der Waals surface area contributed by atoms with Crippen LogP contribution in [-0.4, -0.2) is 22.6 Å². The second-order valence-corrected chi connectivity index (χ2v) is 9.33. The molecule has 3 aromatic rings. The number of rotatable bonds is 9. The lowest BCUT2D eigenvalue weighted by molar-refractivity contribution is -0.138. The SMILES string of the molecule is CC(C)CC(=O)Nc1ccc(SC2=C(Nc3ccccc3)C(=O)N(Cc3ccco3)C2=O)cc1. The summed E-state index contributed by atoms with van der Waals surface area (Å²) in [6, 6.07) is 19.9. The van der Waals surface area contributed by atoms with Crippen LogP contribution in [0, 0.1) is 5.92 Å². The van der Waals surface area contributed by atoms with Crippen LogP contribution in [0.25, 0.3) is 0 Å². The summed E-state index contributed by atoms with van der Waals surface area (Å²) < 4.78 is 5.34. The number of hydrogen-bond acceptors (Lipinski definition) is 6. The number of nitrogens with one attached hydrogen (secondary N) is 2. The zero-order valence-corrected chi connectivity index (χ0v) is 19.7. The van der Waals surface area contributed by atoms with Gasteiger partial charge in [0.1, 0.15) is 16.4 Å². The Morgan fingerprint density at radius 2 is 1.68 bits per heavy atom. The van der Waals surface area contributed by atoms with E-state index < -0.39 is 5.91 Å². The highest BCUT2D eigenvalue weighted by molar-refractivity contribution is 8.04. The van der Waals surface area contributed by atoms with Crippen molar-refractivity contribution in [3.8, 4) is 0 Å².